The van der Waals surface area contributed by atoms with Crippen molar-refractivity contribution in [2.75, 3.05) is 0 Å². The van der Waals surface area contributed by atoms with Crippen molar-refractivity contribution in [2.24, 2.45) is 0 Å². The molecule has 2 rings (SSSR count). The molecule has 0 saturated heterocycles. The van der Waals surface area contributed by atoms with Crippen LogP contribution in [-0.2, 0) is 4.79 Å². The summed E-state index contributed by atoms with van der Waals surface area (Å²) in [6.45, 7) is 2.07. The second-order valence-electron chi connectivity index (χ2n) is 5.23. The first-order valence-electron chi connectivity index (χ1n) is 6.41. The molecule has 0 bridgehead atoms. The molecule has 0 radical (unpaired) electrons. The largest absolute Gasteiger partial charge is 0.350 e. The van der Waals surface area contributed by atoms with Crippen LogP contribution in [0.2, 0.25) is 0 Å². The fourth-order valence-electron chi connectivity index (χ4n) is 2.58. The molecule has 0 heterocycles. The lowest BCUT2D eigenvalue weighted by atomic mass is 9.95. The summed E-state index contributed by atoms with van der Waals surface area (Å²) in [4.78, 5) is 12.2. The first-order valence-corrected chi connectivity index (χ1v) is 6.41. The van der Waals surface area contributed by atoms with Crippen LogP contribution in [0, 0.1) is 11.3 Å². The highest BCUT2D eigenvalue weighted by atomic mass is 16.2. The average molecular weight is 242 g/mol. The maximum atomic E-state index is 12.2. The van der Waals surface area contributed by atoms with Crippen LogP contribution >= 0.6 is 0 Å². The van der Waals surface area contributed by atoms with E-state index < -0.39 is 5.92 Å². The molecule has 1 aliphatic carbocycles. The number of carbonyl (C=O) groups excluding carboxylic acids is 1. The Morgan fingerprint density at radius 2 is 1.94 bits per heavy atom. The monoisotopic (exact) mass is 242 g/mol. The molecule has 1 amide bonds. The summed E-state index contributed by atoms with van der Waals surface area (Å²) >= 11 is 0. The highest BCUT2D eigenvalue weighted by Gasteiger charge is 2.32. The molecule has 1 N–H and O–H groups in total. The Labute approximate surface area is 108 Å². The van der Waals surface area contributed by atoms with Crippen molar-refractivity contribution in [3.05, 3.63) is 35.9 Å². The van der Waals surface area contributed by atoms with E-state index >= 15 is 0 Å². The minimum absolute atomic E-state index is 0.124. The molecule has 1 saturated carbocycles. The van der Waals surface area contributed by atoms with Crippen LogP contribution in [0.5, 0.6) is 0 Å². The highest BCUT2D eigenvalue weighted by Crippen LogP contribution is 2.29. The van der Waals surface area contributed by atoms with Gasteiger partial charge in [-0.25, -0.2) is 0 Å². The Bertz CT molecular complexity index is 455. The van der Waals surface area contributed by atoms with Gasteiger partial charge in [0, 0.05) is 5.54 Å². The van der Waals surface area contributed by atoms with Gasteiger partial charge in [0.2, 0.25) is 5.91 Å². The van der Waals surface area contributed by atoms with Crippen molar-refractivity contribution in [3.63, 3.8) is 0 Å². The van der Waals surface area contributed by atoms with Gasteiger partial charge < -0.3 is 5.32 Å². The van der Waals surface area contributed by atoms with E-state index in [1.165, 1.54) is 0 Å². The third-order valence-electron chi connectivity index (χ3n) is 3.66. The fourth-order valence-corrected chi connectivity index (χ4v) is 2.58. The lowest BCUT2D eigenvalue weighted by Crippen LogP contribution is -2.45. The molecule has 3 nitrogen and oxygen atoms in total. The molecule has 1 aliphatic rings. The summed E-state index contributed by atoms with van der Waals surface area (Å²) < 4.78 is 0. The Morgan fingerprint density at radius 3 is 2.50 bits per heavy atom. The summed E-state index contributed by atoms with van der Waals surface area (Å²) in [7, 11) is 0. The van der Waals surface area contributed by atoms with E-state index in [1.54, 1.807) is 0 Å². The van der Waals surface area contributed by atoms with Crippen LogP contribution < -0.4 is 5.32 Å². The molecule has 1 unspecified atom stereocenters. The molecule has 1 fully saturated rings. The number of nitriles is 1. The molecule has 0 aliphatic heterocycles. The van der Waals surface area contributed by atoms with Gasteiger partial charge in [-0.2, -0.15) is 5.26 Å². The number of hydrogen-bond donors (Lipinski definition) is 1. The topological polar surface area (TPSA) is 52.9 Å². The van der Waals surface area contributed by atoms with Gasteiger partial charge in [0.15, 0.2) is 0 Å². The highest BCUT2D eigenvalue weighted by molar-refractivity contribution is 5.87. The Hall–Kier alpha value is -1.82. The van der Waals surface area contributed by atoms with Crippen molar-refractivity contribution in [1.82, 2.24) is 5.32 Å². The molecular weight excluding hydrogens is 224 g/mol. The first-order chi connectivity index (χ1) is 8.64. The number of nitrogens with zero attached hydrogens (tertiary/aromatic N) is 1. The predicted octanol–water partition coefficient (Wildman–Crippen LogP) is 2.74. The van der Waals surface area contributed by atoms with Gasteiger partial charge in [-0.1, -0.05) is 43.2 Å². The quantitative estimate of drug-likeness (QED) is 0.886. The van der Waals surface area contributed by atoms with Crippen LogP contribution in [0.3, 0.4) is 0 Å². The second kappa shape index (κ2) is 5.22. The molecule has 0 aromatic heterocycles. The van der Waals surface area contributed by atoms with Gasteiger partial charge in [0.25, 0.3) is 0 Å². The minimum atomic E-state index is -0.705. The lowest BCUT2D eigenvalue weighted by molar-refractivity contribution is -0.123. The number of hydrogen-bond acceptors (Lipinski definition) is 2. The smallest absolute Gasteiger partial charge is 0.242 e. The Balaban J connectivity index is 2.10. The van der Waals surface area contributed by atoms with Crippen LogP contribution in [0.15, 0.2) is 30.3 Å². The molecule has 0 spiro atoms. The standard InChI is InChI=1S/C15H18N2O/c1-15(9-5-6-10-15)17-14(18)13(11-16)12-7-3-2-4-8-12/h2-4,7-8,13H,5-6,9-10H2,1H3,(H,17,18). The Kier molecular flexibility index (Phi) is 3.66. The summed E-state index contributed by atoms with van der Waals surface area (Å²) in [5.41, 5.74) is 0.639. The zero-order valence-corrected chi connectivity index (χ0v) is 10.6. The van der Waals surface area contributed by atoms with E-state index in [2.05, 4.69) is 18.3 Å². The number of rotatable bonds is 3. The van der Waals surface area contributed by atoms with Crippen LogP contribution in [0.1, 0.15) is 44.1 Å². The van der Waals surface area contributed by atoms with Gasteiger partial charge in [0.05, 0.1) is 6.07 Å². The van der Waals surface area contributed by atoms with E-state index in [1.807, 2.05) is 30.3 Å². The van der Waals surface area contributed by atoms with Gasteiger partial charge in [-0.05, 0) is 25.3 Å². The SMILES string of the molecule is CC1(NC(=O)C(C#N)c2ccccc2)CCCC1. The van der Waals surface area contributed by atoms with Crippen LogP contribution in [-0.4, -0.2) is 11.4 Å². The summed E-state index contributed by atoms with van der Waals surface area (Å²) in [5, 5.41) is 12.2. The second-order valence-corrected chi connectivity index (χ2v) is 5.23. The zero-order chi connectivity index (χ0) is 13.0. The summed E-state index contributed by atoms with van der Waals surface area (Å²) in [6.07, 6.45) is 4.32. The molecule has 1 aromatic rings. The lowest BCUT2D eigenvalue weighted by Gasteiger charge is -2.26. The van der Waals surface area contributed by atoms with Gasteiger partial charge in [-0.3, -0.25) is 4.79 Å². The van der Waals surface area contributed by atoms with E-state index in [0.717, 1.165) is 31.2 Å². The molecule has 3 heteroatoms. The van der Waals surface area contributed by atoms with Gasteiger partial charge >= 0.3 is 0 Å². The number of amides is 1. The summed E-state index contributed by atoms with van der Waals surface area (Å²) in [6, 6.07) is 11.3. The van der Waals surface area contributed by atoms with Crippen molar-refractivity contribution in [2.45, 2.75) is 44.1 Å². The molecule has 1 aromatic carbocycles. The number of benzene rings is 1. The van der Waals surface area contributed by atoms with Gasteiger partial charge in [-0.15, -0.1) is 0 Å². The minimum Gasteiger partial charge on any atom is -0.350 e. The maximum Gasteiger partial charge on any atom is 0.242 e. The predicted molar refractivity (Wildman–Crippen MR) is 69.8 cm³/mol. The number of nitrogens with one attached hydrogen (secondary N) is 1. The van der Waals surface area contributed by atoms with Gasteiger partial charge in [0.1, 0.15) is 5.92 Å². The number of carbonyl (C=O) groups is 1. The van der Waals surface area contributed by atoms with E-state index in [9.17, 15) is 10.1 Å². The normalized spacial score (nSPS) is 18.9. The van der Waals surface area contributed by atoms with Crippen molar-refractivity contribution in [3.8, 4) is 6.07 Å². The first kappa shape index (κ1) is 12.6. The zero-order valence-electron chi connectivity index (χ0n) is 10.6. The summed E-state index contributed by atoms with van der Waals surface area (Å²) in [5.74, 6) is -0.878. The van der Waals surface area contributed by atoms with Crippen molar-refractivity contribution < 1.29 is 4.79 Å². The van der Waals surface area contributed by atoms with E-state index in [0.29, 0.717) is 0 Å². The average Bonchev–Trinajstić information content (AvgIpc) is 2.78. The molecular formula is C15H18N2O. The van der Waals surface area contributed by atoms with E-state index in [-0.39, 0.29) is 11.4 Å². The van der Waals surface area contributed by atoms with Crippen LogP contribution in [0.4, 0.5) is 0 Å². The van der Waals surface area contributed by atoms with Crippen molar-refractivity contribution >= 4 is 5.91 Å². The molecule has 1 atom stereocenters. The molecule has 94 valence electrons. The van der Waals surface area contributed by atoms with Crippen LogP contribution in [0.25, 0.3) is 0 Å². The third kappa shape index (κ3) is 2.70. The maximum absolute atomic E-state index is 12.2. The van der Waals surface area contributed by atoms with E-state index in [4.69, 9.17) is 0 Å². The Morgan fingerprint density at radius 1 is 1.33 bits per heavy atom. The fraction of sp³-hybridized carbons (Fsp3) is 0.467. The molecule has 18 heavy (non-hydrogen) atoms. The van der Waals surface area contributed by atoms with Crippen molar-refractivity contribution in [1.29, 1.82) is 5.26 Å². The third-order valence-corrected chi connectivity index (χ3v) is 3.66.